The molecule has 0 N–H and O–H groups in total. The van der Waals surface area contributed by atoms with Crippen molar-refractivity contribution in [2.45, 2.75) is 63.1 Å². The van der Waals surface area contributed by atoms with Crippen molar-refractivity contribution in [2.24, 2.45) is 0 Å². The van der Waals surface area contributed by atoms with Crippen molar-refractivity contribution in [3.05, 3.63) is 23.8 Å². The fraction of sp³-hybridized carbons (Fsp3) is 0.667. The van der Waals surface area contributed by atoms with Gasteiger partial charge in [0.05, 0.1) is 13.7 Å². The molecule has 22 heavy (non-hydrogen) atoms. The van der Waals surface area contributed by atoms with Gasteiger partial charge in [0.25, 0.3) is 0 Å². The van der Waals surface area contributed by atoms with Crippen LogP contribution in [-0.4, -0.2) is 13.7 Å². The molecule has 0 aliphatic heterocycles. The smallest absolute Gasteiger partial charge is 0.136 e. The Bertz CT molecular complexity index is 408. The number of hydrogen-bond acceptors (Lipinski definition) is 2. The summed E-state index contributed by atoms with van der Waals surface area (Å²) in [6, 6.07) is 5.56. The fourth-order valence-corrected chi connectivity index (χ4v) is 2.71. The van der Waals surface area contributed by atoms with E-state index in [0.29, 0.717) is 6.61 Å². The van der Waals surface area contributed by atoms with Gasteiger partial charge in [0, 0.05) is 5.56 Å². The van der Waals surface area contributed by atoms with Crippen LogP contribution in [0.5, 0.6) is 11.5 Å². The van der Waals surface area contributed by atoms with Crippen LogP contribution in [-0.2, 0) is 0 Å². The summed E-state index contributed by atoms with van der Waals surface area (Å²) in [4.78, 5) is -0.608. The van der Waals surface area contributed by atoms with E-state index >= 15 is 0 Å². The number of halogens is 2. The number of alkyl halides is 2. The number of benzene rings is 1. The number of methoxy groups -OCH3 is 1. The van der Waals surface area contributed by atoms with E-state index in [4.69, 9.17) is 32.7 Å². The normalized spacial score (nSPS) is 11.0. The molecule has 0 saturated heterocycles. The van der Waals surface area contributed by atoms with Crippen molar-refractivity contribution in [2.75, 3.05) is 13.7 Å². The first-order valence-corrected chi connectivity index (χ1v) is 9.15. The van der Waals surface area contributed by atoms with E-state index in [2.05, 4.69) is 6.92 Å². The Labute approximate surface area is 145 Å². The van der Waals surface area contributed by atoms with Gasteiger partial charge in [0.15, 0.2) is 0 Å². The highest BCUT2D eigenvalue weighted by Crippen LogP contribution is 2.35. The van der Waals surface area contributed by atoms with Crippen LogP contribution in [0.1, 0.15) is 68.7 Å². The second-order valence-electron chi connectivity index (χ2n) is 5.53. The number of hydrogen-bond donors (Lipinski definition) is 0. The predicted molar refractivity (Wildman–Crippen MR) is 95.5 cm³/mol. The molecule has 0 unspecified atom stereocenters. The zero-order chi connectivity index (χ0) is 16.2. The first kappa shape index (κ1) is 19.4. The van der Waals surface area contributed by atoms with Crippen LogP contribution in [0.4, 0.5) is 0 Å². The quantitative estimate of drug-likeness (QED) is 0.310. The van der Waals surface area contributed by atoms with Gasteiger partial charge in [-0.15, -0.1) is 0 Å². The van der Waals surface area contributed by atoms with E-state index in [1.54, 1.807) is 7.11 Å². The van der Waals surface area contributed by atoms with Gasteiger partial charge in [-0.3, -0.25) is 0 Å². The second-order valence-corrected chi connectivity index (χ2v) is 6.62. The third kappa shape index (κ3) is 7.60. The highest BCUT2D eigenvalue weighted by atomic mass is 35.5. The summed E-state index contributed by atoms with van der Waals surface area (Å²) in [6.45, 7) is 2.95. The molecule has 0 heterocycles. The number of rotatable bonds is 12. The highest BCUT2D eigenvalue weighted by Gasteiger charge is 2.12. The molecule has 1 rings (SSSR count). The van der Waals surface area contributed by atoms with E-state index in [0.717, 1.165) is 23.5 Å². The van der Waals surface area contributed by atoms with Crippen LogP contribution in [0.25, 0.3) is 0 Å². The maximum absolute atomic E-state index is 5.99. The van der Waals surface area contributed by atoms with E-state index in [-0.39, 0.29) is 0 Å². The van der Waals surface area contributed by atoms with Crippen molar-refractivity contribution in [1.82, 2.24) is 0 Å². The maximum Gasteiger partial charge on any atom is 0.136 e. The summed E-state index contributed by atoms with van der Waals surface area (Å²) in [5.41, 5.74) is 0.766. The molecule has 0 bridgehead atoms. The second kappa shape index (κ2) is 11.9. The lowest BCUT2D eigenvalue weighted by Gasteiger charge is -2.13. The minimum atomic E-state index is -0.608. The summed E-state index contributed by atoms with van der Waals surface area (Å²) in [7, 11) is 1.62. The average molecular weight is 347 g/mol. The van der Waals surface area contributed by atoms with Crippen molar-refractivity contribution in [1.29, 1.82) is 0 Å². The Morgan fingerprint density at radius 1 is 0.955 bits per heavy atom. The van der Waals surface area contributed by atoms with Crippen LogP contribution in [0.15, 0.2) is 18.2 Å². The third-order valence-corrected chi connectivity index (χ3v) is 4.18. The average Bonchev–Trinajstić information content (AvgIpc) is 2.53. The van der Waals surface area contributed by atoms with Crippen LogP contribution in [0, 0.1) is 0 Å². The zero-order valence-corrected chi connectivity index (χ0v) is 15.3. The molecule has 2 nitrogen and oxygen atoms in total. The molecule has 0 aromatic heterocycles. The molecular weight excluding hydrogens is 319 g/mol. The van der Waals surface area contributed by atoms with Crippen LogP contribution in [0.2, 0.25) is 0 Å². The zero-order valence-electron chi connectivity index (χ0n) is 13.7. The first-order valence-electron chi connectivity index (χ1n) is 8.28. The molecule has 0 spiro atoms. The SMILES string of the molecule is CCCCCCCCCCOc1ccc(OC)cc1C(Cl)Cl. The van der Waals surface area contributed by atoms with Crippen LogP contribution < -0.4 is 9.47 Å². The lowest BCUT2D eigenvalue weighted by atomic mass is 10.1. The summed E-state index contributed by atoms with van der Waals surface area (Å²) in [5.74, 6) is 1.49. The van der Waals surface area contributed by atoms with Gasteiger partial charge in [-0.2, -0.15) is 0 Å². The predicted octanol–water partition coefficient (Wildman–Crippen LogP) is 6.69. The van der Waals surface area contributed by atoms with Gasteiger partial charge in [-0.1, -0.05) is 75.1 Å². The molecule has 1 aromatic rings. The van der Waals surface area contributed by atoms with Crippen LogP contribution >= 0.6 is 23.2 Å². The maximum atomic E-state index is 5.99. The molecule has 1 aromatic carbocycles. The monoisotopic (exact) mass is 346 g/mol. The Hall–Kier alpha value is -0.600. The summed E-state index contributed by atoms with van der Waals surface area (Å²) in [6.07, 6.45) is 10.3. The molecule has 0 atom stereocenters. The first-order chi connectivity index (χ1) is 10.7. The molecule has 0 amide bonds. The third-order valence-electron chi connectivity index (χ3n) is 3.71. The lowest BCUT2D eigenvalue weighted by Crippen LogP contribution is -2.01. The fourth-order valence-electron chi connectivity index (χ4n) is 2.37. The van der Waals surface area contributed by atoms with Gasteiger partial charge >= 0.3 is 0 Å². The van der Waals surface area contributed by atoms with Crippen molar-refractivity contribution < 1.29 is 9.47 Å². The highest BCUT2D eigenvalue weighted by molar-refractivity contribution is 6.44. The Morgan fingerprint density at radius 3 is 2.18 bits per heavy atom. The topological polar surface area (TPSA) is 18.5 Å². The van der Waals surface area contributed by atoms with Gasteiger partial charge in [0.2, 0.25) is 0 Å². The van der Waals surface area contributed by atoms with E-state index in [9.17, 15) is 0 Å². The van der Waals surface area contributed by atoms with Crippen LogP contribution in [0.3, 0.4) is 0 Å². The molecule has 0 radical (unpaired) electrons. The minimum absolute atomic E-state index is 0.608. The number of unbranched alkanes of at least 4 members (excludes halogenated alkanes) is 7. The molecular formula is C18H28Cl2O2. The van der Waals surface area contributed by atoms with Gasteiger partial charge < -0.3 is 9.47 Å². The van der Waals surface area contributed by atoms with Gasteiger partial charge in [-0.25, -0.2) is 0 Å². The summed E-state index contributed by atoms with van der Waals surface area (Å²) < 4.78 is 11.0. The minimum Gasteiger partial charge on any atom is -0.497 e. The Morgan fingerprint density at radius 2 is 1.59 bits per heavy atom. The van der Waals surface area contributed by atoms with E-state index in [1.165, 1.54) is 44.9 Å². The standard InChI is InChI=1S/C18H28Cl2O2/c1-3-4-5-6-7-8-9-10-13-22-17-12-11-15(21-2)14-16(17)18(19)20/h11-12,14,18H,3-10,13H2,1-2H3. The lowest BCUT2D eigenvalue weighted by molar-refractivity contribution is 0.301. The summed E-state index contributed by atoms with van der Waals surface area (Å²) >= 11 is 12.0. The molecule has 126 valence electrons. The molecule has 0 fully saturated rings. The van der Waals surface area contributed by atoms with Gasteiger partial charge in [-0.05, 0) is 24.6 Å². The molecule has 0 aliphatic carbocycles. The largest absolute Gasteiger partial charge is 0.497 e. The molecule has 0 aliphatic rings. The Balaban J connectivity index is 2.24. The molecule has 4 heteroatoms. The number of ether oxygens (including phenoxy) is 2. The molecule has 0 saturated carbocycles. The van der Waals surface area contributed by atoms with Crippen molar-refractivity contribution in [3.63, 3.8) is 0 Å². The van der Waals surface area contributed by atoms with E-state index < -0.39 is 4.84 Å². The van der Waals surface area contributed by atoms with Crippen molar-refractivity contribution in [3.8, 4) is 11.5 Å². The van der Waals surface area contributed by atoms with Gasteiger partial charge in [0.1, 0.15) is 16.3 Å². The Kier molecular flexibility index (Phi) is 10.5. The summed E-state index contributed by atoms with van der Waals surface area (Å²) in [5, 5.41) is 0. The van der Waals surface area contributed by atoms with E-state index in [1.807, 2.05) is 18.2 Å². The van der Waals surface area contributed by atoms with Crippen molar-refractivity contribution >= 4 is 23.2 Å².